The first-order valence-electron chi connectivity index (χ1n) is 9.15. The number of amides is 2. The van der Waals surface area contributed by atoms with E-state index in [4.69, 9.17) is 9.47 Å². The van der Waals surface area contributed by atoms with E-state index < -0.39 is 12.2 Å². The lowest BCUT2D eigenvalue weighted by Gasteiger charge is -2.29. The van der Waals surface area contributed by atoms with Gasteiger partial charge in [-0.25, -0.2) is 4.98 Å². The summed E-state index contributed by atoms with van der Waals surface area (Å²) < 4.78 is 11.0. The van der Waals surface area contributed by atoms with E-state index in [2.05, 4.69) is 25.4 Å². The van der Waals surface area contributed by atoms with Crippen LogP contribution >= 0.6 is 0 Å². The van der Waals surface area contributed by atoms with Crippen molar-refractivity contribution < 1.29 is 19.1 Å². The van der Waals surface area contributed by atoms with E-state index in [1.165, 1.54) is 0 Å². The minimum atomic E-state index is -0.505. The van der Waals surface area contributed by atoms with Crippen molar-refractivity contribution in [2.45, 2.75) is 18.8 Å². The maximum atomic E-state index is 12.3. The Morgan fingerprint density at radius 1 is 1.11 bits per heavy atom. The summed E-state index contributed by atoms with van der Waals surface area (Å²) in [5.74, 6) is 0.0914. The lowest BCUT2D eigenvalue weighted by molar-refractivity contribution is -0.138. The number of anilines is 1. The highest BCUT2D eigenvalue weighted by molar-refractivity contribution is 5.93. The van der Waals surface area contributed by atoms with E-state index in [0.29, 0.717) is 38.7 Å². The number of hydrogen-bond donors (Lipinski definition) is 2. The van der Waals surface area contributed by atoms with Gasteiger partial charge in [0, 0.05) is 38.9 Å². The van der Waals surface area contributed by atoms with E-state index in [-0.39, 0.29) is 11.8 Å². The fourth-order valence-corrected chi connectivity index (χ4v) is 3.04. The summed E-state index contributed by atoms with van der Waals surface area (Å²) in [5.41, 5.74) is 0.847. The second kappa shape index (κ2) is 9.23. The highest BCUT2D eigenvalue weighted by atomic mass is 16.5. The zero-order valence-electron chi connectivity index (χ0n) is 15.8. The zero-order chi connectivity index (χ0) is 19.2. The van der Waals surface area contributed by atoms with Crippen molar-refractivity contribution in [3.63, 3.8) is 0 Å². The molecule has 1 aromatic heterocycles. The van der Waals surface area contributed by atoms with Gasteiger partial charge >= 0.3 is 0 Å². The van der Waals surface area contributed by atoms with Crippen molar-refractivity contribution in [2.75, 3.05) is 58.8 Å². The van der Waals surface area contributed by atoms with E-state index >= 15 is 0 Å². The molecule has 2 N–H and O–H groups in total. The smallest absolute Gasteiger partial charge is 0.255 e. The van der Waals surface area contributed by atoms with Gasteiger partial charge in [0.05, 0.1) is 13.2 Å². The minimum absolute atomic E-state index is 0.136. The molecule has 2 atom stereocenters. The Balaban J connectivity index is 1.51. The number of hydrogen-bond acceptors (Lipinski definition) is 7. The van der Waals surface area contributed by atoms with Crippen molar-refractivity contribution >= 4 is 17.6 Å². The average molecular weight is 377 g/mol. The molecule has 2 amide bonds. The Bertz CT molecular complexity index is 671. The fraction of sp³-hybridized carbons (Fsp3) is 0.611. The molecule has 27 heavy (non-hydrogen) atoms. The quantitative estimate of drug-likeness (QED) is 0.700. The average Bonchev–Trinajstić information content (AvgIpc) is 2.66. The van der Waals surface area contributed by atoms with Gasteiger partial charge in [0.1, 0.15) is 18.0 Å². The third-order valence-electron chi connectivity index (χ3n) is 4.67. The molecule has 148 valence electrons. The Morgan fingerprint density at radius 3 is 2.37 bits per heavy atom. The van der Waals surface area contributed by atoms with Crippen LogP contribution in [0.25, 0.3) is 0 Å². The van der Waals surface area contributed by atoms with Gasteiger partial charge in [0.25, 0.3) is 11.8 Å². The van der Waals surface area contributed by atoms with E-state index in [1.54, 1.807) is 18.3 Å². The van der Waals surface area contributed by atoms with Crippen molar-refractivity contribution in [3.8, 4) is 0 Å². The zero-order valence-corrected chi connectivity index (χ0v) is 15.8. The van der Waals surface area contributed by atoms with Crippen LogP contribution in [0.1, 0.15) is 5.56 Å². The van der Waals surface area contributed by atoms with Crippen LogP contribution in [0.15, 0.2) is 18.3 Å². The van der Waals surface area contributed by atoms with E-state index in [1.807, 2.05) is 14.1 Å². The van der Waals surface area contributed by atoms with Gasteiger partial charge in [-0.1, -0.05) is 0 Å². The molecule has 1 aromatic rings. The summed E-state index contributed by atoms with van der Waals surface area (Å²) in [7, 11) is 3.92. The number of likely N-dealkylation sites (N-methyl/N-ethyl adjacent to an activating group) is 2. The number of rotatable bonds is 5. The highest BCUT2D eigenvalue weighted by Gasteiger charge is 2.26. The normalized spacial score (nSPS) is 24.4. The SMILES string of the molecule is CN1CCO[C@H](C(=O)NCc2ccnc(NC(=O)[C@@H]3CN(C)CCO3)c2)C1. The van der Waals surface area contributed by atoms with Crippen molar-refractivity contribution in [1.82, 2.24) is 20.1 Å². The second-order valence-electron chi connectivity index (χ2n) is 7.00. The van der Waals surface area contributed by atoms with Gasteiger partial charge in [-0.05, 0) is 31.8 Å². The molecule has 0 aliphatic carbocycles. The maximum absolute atomic E-state index is 12.3. The third-order valence-corrected chi connectivity index (χ3v) is 4.67. The number of morpholine rings is 2. The van der Waals surface area contributed by atoms with Crippen LogP contribution in [0.5, 0.6) is 0 Å². The Kier molecular flexibility index (Phi) is 6.73. The van der Waals surface area contributed by atoms with Gasteiger partial charge in [-0.2, -0.15) is 0 Å². The van der Waals surface area contributed by atoms with Crippen LogP contribution in [0.4, 0.5) is 5.82 Å². The van der Waals surface area contributed by atoms with Crippen LogP contribution in [-0.4, -0.2) is 92.3 Å². The number of carbonyl (C=O) groups excluding carboxylic acids is 2. The topological polar surface area (TPSA) is 96.0 Å². The van der Waals surface area contributed by atoms with Crippen molar-refractivity contribution in [3.05, 3.63) is 23.9 Å². The second-order valence-corrected chi connectivity index (χ2v) is 7.00. The molecule has 2 fully saturated rings. The molecule has 9 nitrogen and oxygen atoms in total. The number of pyridine rings is 1. The summed E-state index contributed by atoms with van der Waals surface area (Å²) in [6.45, 7) is 4.22. The number of ether oxygens (including phenoxy) is 2. The number of carbonyl (C=O) groups is 2. The largest absolute Gasteiger partial charge is 0.366 e. The summed E-state index contributed by atoms with van der Waals surface area (Å²) >= 11 is 0. The fourth-order valence-electron chi connectivity index (χ4n) is 3.04. The van der Waals surface area contributed by atoms with Gasteiger partial charge in [0.15, 0.2) is 0 Å². The molecule has 0 saturated carbocycles. The van der Waals surface area contributed by atoms with Gasteiger partial charge in [0.2, 0.25) is 0 Å². The summed E-state index contributed by atoms with van der Waals surface area (Å²) in [6, 6.07) is 3.55. The van der Waals surface area contributed by atoms with Crippen LogP contribution < -0.4 is 10.6 Å². The third kappa shape index (κ3) is 5.70. The van der Waals surface area contributed by atoms with Gasteiger partial charge in [-0.3, -0.25) is 9.59 Å². The monoisotopic (exact) mass is 377 g/mol. The first-order valence-corrected chi connectivity index (χ1v) is 9.15. The maximum Gasteiger partial charge on any atom is 0.255 e. The Labute approximate surface area is 159 Å². The molecular weight excluding hydrogens is 350 g/mol. The first-order chi connectivity index (χ1) is 13.0. The first kappa shape index (κ1) is 19.7. The van der Waals surface area contributed by atoms with Gasteiger partial charge in [-0.15, -0.1) is 0 Å². The molecule has 0 unspecified atom stereocenters. The van der Waals surface area contributed by atoms with Crippen molar-refractivity contribution in [1.29, 1.82) is 0 Å². The summed E-state index contributed by atoms with van der Waals surface area (Å²) in [6.07, 6.45) is 0.648. The molecule has 0 aromatic carbocycles. The van der Waals surface area contributed by atoms with E-state index in [0.717, 1.165) is 18.7 Å². The molecule has 0 bridgehead atoms. The molecule has 0 radical (unpaired) electrons. The summed E-state index contributed by atoms with van der Waals surface area (Å²) in [5, 5.41) is 5.66. The van der Waals surface area contributed by atoms with Gasteiger partial charge < -0.3 is 29.9 Å². The number of nitrogens with zero attached hydrogens (tertiary/aromatic N) is 3. The van der Waals surface area contributed by atoms with Crippen LogP contribution in [0.2, 0.25) is 0 Å². The van der Waals surface area contributed by atoms with Crippen LogP contribution in [0.3, 0.4) is 0 Å². The minimum Gasteiger partial charge on any atom is -0.366 e. The van der Waals surface area contributed by atoms with E-state index in [9.17, 15) is 9.59 Å². The molecule has 3 heterocycles. The van der Waals surface area contributed by atoms with Crippen LogP contribution in [-0.2, 0) is 25.6 Å². The Morgan fingerprint density at radius 2 is 1.74 bits per heavy atom. The highest BCUT2D eigenvalue weighted by Crippen LogP contribution is 2.10. The van der Waals surface area contributed by atoms with Crippen molar-refractivity contribution in [2.24, 2.45) is 0 Å². The number of nitrogens with one attached hydrogen (secondary N) is 2. The standard InChI is InChI=1S/C18H27N5O4/c1-22-5-7-26-14(11-22)17(24)20-10-13-3-4-19-16(9-13)21-18(25)15-12-23(2)6-8-27-15/h3-4,9,14-15H,5-8,10-12H2,1-2H3,(H,20,24)(H,19,21,25)/t14-,15-/m0/s1. The predicted molar refractivity (Wildman–Crippen MR) is 99.2 cm³/mol. The lowest BCUT2D eigenvalue weighted by atomic mass is 10.2. The molecule has 0 spiro atoms. The molecule has 2 saturated heterocycles. The molecule has 2 aliphatic heterocycles. The van der Waals surface area contributed by atoms with Crippen LogP contribution in [0, 0.1) is 0 Å². The molecule has 9 heteroatoms. The predicted octanol–water partition coefficient (Wildman–Crippen LogP) is -0.702. The molecule has 3 rings (SSSR count). The lowest BCUT2D eigenvalue weighted by Crippen LogP contribution is -2.48. The molecular formula is C18H27N5O4. The summed E-state index contributed by atoms with van der Waals surface area (Å²) in [4.78, 5) is 32.9. The number of aromatic nitrogens is 1. The molecule has 2 aliphatic rings. The Hall–Kier alpha value is -2.07.